The Kier molecular flexibility index (Phi) is 6.59. The van der Waals surface area contributed by atoms with Crippen LogP contribution in [0.4, 0.5) is 11.4 Å². The van der Waals surface area contributed by atoms with E-state index in [9.17, 15) is 9.59 Å². The first-order chi connectivity index (χ1) is 14.1. The standard InChI is InChI=1S/C22H26N2O5/c1-4-28-18-9-7-6-8-17(18)24-14-15(12-21(24)25)22(26)23-16-10-11-19(29-5-2)20(13-16)27-3/h6-11,13,15H,4-5,12,14H2,1-3H3,(H,23,26)/t15-/m1/s1. The number of nitrogens with one attached hydrogen (secondary N) is 1. The minimum Gasteiger partial charge on any atom is -0.493 e. The van der Waals surface area contributed by atoms with E-state index < -0.39 is 5.92 Å². The summed E-state index contributed by atoms with van der Waals surface area (Å²) < 4.78 is 16.4. The van der Waals surface area contributed by atoms with E-state index in [1.54, 1.807) is 30.2 Å². The Labute approximate surface area is 170 Å². The molecule has 3 rings (SSSR count). The molecular weight excluding hydrogens is 372 g/mol. The summed E-state index contributed by atoms with van der Waals surface area (Å²) in [7, 11) is 1.55. The summed E-state index contributed by atoms with van der Waals surface area (Å²) in [6.45, 7) is 5.11. The van der Waals surface area contributed by atoms with Crippen LogP contribution in [-0.2, 0) is 9.59 Å². The van der Waals surface area contributed by atoms with Gasteiger partial charge >= 0.3 is 0 Å². The predicted octanol–water partition coefficient (Wildman–Crippen LogP) is 3.48. The normalized spacial score (nSPS) is 15.9. The van der Waals surface area contributed by atoms with E-state index in [1.807, 2.05) is 38.1 Å². The molecule has 7 heteroatoms. The van der Waals surface area contributed by atoms with Gasteiger partial charge in [-0.1, -0.05) is 12.1 Å². The second-order valence-electron chi connectivity index (χ2n) is 6.59. The van der Waals surface area contributed by atoms with Gasteiger partial charge in [0.15, 0.2) is 11.5 Å². The van der Waals surface area contributed by atoms with E-state index >= 15 is 0 Å². The molecule has 1 atom stereocenters. The Morgan fingerprint density at radius 1 is 1.07 bits per heavy atom. The summed E-state index contributed by atoms with van der Waals surface area (Å²) in [4.78, 5) is 27.0. The molecule has 1 heterocycles. The lowest BCUT2D eigenvalue weighted by molar-refractivity contribution is -0.122. The van der Waals surface area contributed by atoms with Crippen molar-refractivity contribution in [3.8, 4) is 17.2 Å². The lowest BCUT2D eigenvalue weighted by Gasteiger charge is -2.20. The predicted molar refractivity (Wildman–Crippen MR) is 111 cm³/mol. The molecule has 0 bridgehead atoms. The molecule has 0 unspecified atom stereocenters. The minimum atomic E-state index is -0.449. The summed E-state index contributed by atoms with van der Waals surface area (Å²) >= 11 is 0. The average Bonchev–Trinajstić information content (AvgIpc) is 3.11. The zero-order chi connectivity index (χ0) is 20.8. The largest absolute Gasteiger partial charge is 0.493 e. The van der Waals surface area contributed by atoms with Gasteiger partial charge in [-0.15, -0.1) is 0 Å². The second kappa shape index (κ2) is 9.32. The molecule has 29 heavy (non-hydrogen) atoms. The van der Waals surface area contributed by atoms with Gasteiger partial charge < -0.3 is 24.4 Å². The van der Waals surface area contributed by atoms with Crippen molar-refractivity contribution in [2.45, 2.75) is 20.3 Å². The monoisotopic (exact) mass is 398 g/mol. The van der Waals surface area contributed by atoms with Gasteiger partial charge in [0.2, 0.25) is 11.8 Å². The Morgan fingerprint density at radius 2 is 1.79 bits per heavy atom. The van der Waals surface area contributed by atoms with Crippen LogP contribution in [0.1, 0.15) is 20.3 Å². The van der Waals surface area contributed by atoms with Crippen LogP contribution in [0.3, 0.4) is 0 Å². The molecule has 2 aromatic carbocycles. The van der Waals surface area contributed by atoms with Crippen molar-refractivity contribution in [1.82, 2.24) is 0 Å². The Morgan fingerprint density at radius 3 is 2.52 bits per heavy atom. The van der Waals surface area contributed by atoms with Crippen LogP contribution in [0.25, 0.3) is 0 Å². The van der Waals surface area contributed by atoms with E-state index in [1.165, 1.54) is 0 Å². The van der Waals surface area contributed by atoms with Gasteiger partial charge in [-0.3, -0.25) is 9.59 Å². The molecule has 7 nitrogen and oxygen atoms in total. The maximum atomic E-state index is 12.8. The number of amides is 2. The summed E-state index contributed by atoms with van der Waals surface area (Å²) in [6.07, 6.45) is 0.153. The second-order valence-corrected chi connectivity index (χ2v) is 6.59. The number of anilines is 2. The van der Waals surface area contributed by atoms with Crippen LogP contribution in [0, 0.1) is 5.92 Å². The lowest BCUT2D eigenvalue weighted by Crippen LogP contribution is -2.28. The van der Waals surface area contributed by atoms with E-state index in [-0.39, 0.29) is 18.2 Å². The summed E-state index contributed by atoms with van der Waals surface area (Å²) in [5.41, 5.74) is 1.29. The molecule has 0 radical (unpaired) electrons. The molecule has 1 fully saturated rings. The van der Waals surface area contributed by atoms with E-state index in [0.717, 1.165) is 0 Å². The molecule has 0 aliphatic carbocycles. The highest BCUT2D eigenvalue weighted by atomic mass is 16.5. The number of rotatable bonds is 8. The molecule has 1 aliphatic heterocycles. The number of ether oxygens (including phenoxy) is 3. The molecule has 154 valence electrons. The first-order valence-corrected chi connectivity index (χ1v) is 9.71. The maximum absolute atomic E-state index is 12.8. The average molecular weight is 398 g/mol. The fourth-order valence-corrected chi connectivity index (χ4v) is 3.34. The smallest absolute Gasteiger partial charge is 0.229 e. The highest BCUT2D eigenvalue weighted by molar-refractivity contribution is 6.04. The number of hydrogen-bond acceptors (Lipinski definition) is 5. The van der Waals surface area contributed by atoms with Crippen molar-refractivity contribution in [2.75, 3.05) is 37.1 Å². The molecule has 1 N–H and O–H groups in total. The zero-order valence-electron chi connectivity index (χ0n) is 16.9. The SMILES string of the molecule is CCOc1ccc(NC(=O)[C@@H]2CC(=O)N(c3ccccc3OCC)C2)cc1OC. The number of nitrogens with zero attached hydrogens (tertiary/aromatic N) is 1. The van der Waals surface area contributed by atoms with Crippen molar-refractivity contribution < 1.29 is 23.8 Å². The van der Waals surface area contributed by atoms with E-state index in [2.05, 4.69) is 5.32 Å². The Balaban J connectivity index is 1.71. The van der Waals surface area contributed by atoms with Crippen LogP contribution < -0.4 is 24.4 Å². The quantitative estimate of drug-likeness (QED) is 0.737. The van der Waals surface area contributed by atoms with Crippen molar-refractivity contribution >= 4 is 23.2 Å². The summed E-state index contributed by atoms with van der Waals surface area (Å²) in [5.74, 6) is 1.04. The van der Waals surface area contributed by atoms with Gasteiger partial charge in [0.1, 0.15) is 5.75 Å². The number of carbonyl (C=O) groups is 2. The van der Waals surface area contributed by atoms with Crippen LogP contribution in [0.15, 0.2) is 42.5 Å². The van der Waals surface area contributed by atoms with E-state index in [4.69, 9.17) is 14.2 Å². The third kappa shape index (κ3) is 4.62. The van der Waals surface area contributed by atoms with Crippen molar-refractivity contribution in [1.29, 1.82) is 0 Å². The summed E-state index contributed by atoms with van der Waals surface area (Å²) in [5, 5.41) is 2.88. The van der Waals surface area contributed by atoms with Crippen LogP contribution in [0.5, 0.6) is 17.2 Å². The Bertz CT molecular complexity index is 883. The van der Waals surface area contributed by atoms with E-state index in [0.29, 0.717) is 48.4 Å². The molecule has 0 aromatic heterocycles. The Hall–Kier alpha value is -3.22. The number of hydrogen-bond donors (Lipinski definition) is 1. The number of benzene rings is 2. The van der Waals surface area contributed by atoms with Crippen LogP contribution >= 0.6 is 0 Å². The fraction of sp³-hybridized carbons (Fsp3) is 0.364. The van der Waals surface area contributed by atoms with Crippen molar-refractivity contribution in [3.63, 3.8) is 0 Å². The molecule has 0 saturated carbocycles. The molecule has 2 amide bonds. The number of carbonyl (C=O) groups excluding carboxylic acids is 2. The van der Waals surface area contributed by atoms with Gasteiger partial charge in [-0.2, -0.15) is 0 Å². The summed E-state index contributed by atoms with van der Waals surface area (Å²) in [6, 6.07) is 12.6. The lowest BCUT2D eigenvalue weighted by atomic mass is 10.1. The molecule has 1 aliphatic rings. The van der Waals surface area contributed by atoms with Gasteiger partial charge in [-0.05, 0) is 38.1 Å². The zero-order valence-corrected chi connectivity index (χ0v) is 16.9. The fourth-order valence-electron chi connectivity index (χ4n) is 3.34. The van der Waals surface area contributed by atoms with Gasteiger partial charge in [0.25, 0.3) is 0 Å². The van der Waals surface area contributed by atoms with Crippen molar-refractivity contribution in [2.24, 2.45) is 5.92 Å². The van der Waals surface area contributed by atoms with Gasteiger partial charge in [0.05, 0.1) is 31.9 Å². The first kappa shape index (κ1) is 20.5. The maximum Gasteiger partial charge on any atom is 0.229 e. The van der Waals surface area contributed by atoms with Gasteiger partial charge in [0, 0.05) is 24.7 Å². The van der Waals surface area contributed by atoms with Gasteiger partial charge in [-0.25, -0.2) is 0 Å². The minimum absolute atomic E-state index is 0.0958. The van der Waals surface area contributed by atoms with Crippen molar-refractivity contribution in [3.05, 3.63) is 42.5 Å². The van der Waals surface area contributed by atoms with Crippen LogP contribution in [0.2, 0.25) is 0 Å². The number of methoxy groups -OCH3 is 1. The molecule has 1 saturated heterocycles. The molecule has 0 spiro atoms. The third-order valence-corrected chi connectivity index (χ3v) is 4.68. The molecule has 2 aromatic rings. The topological polar surface area (TPSA) is 77.1 Å². The van der Waals surface area contributed by atoms with Crippen LogP contribution in [-0.4, -0.2) is 38.7 Å². The third-order valence-electron chi connectivity index (χ3n) is 4.68. The highest BCUT2D eigenvalue weighted by Crippen LogP contribution is 2.34. The molecular formula is C22H26N2O5. The first-order valence-electron chi connectivity index (χ1n) is 9.71. The number of para-hydroxylation sites is 2. The highest BCUT2D eigenvalue weighted by Gasteiger charge is 2.36.